The van der Waals surface area contributed by atoms with Crippen LogP contribution in [0.1, 0.15) is 5.56 Å². The molecule has 1 amide bonds. The number of amidine groups is 1. The summed E-state index contributed by atoms with van der Waals surface area (Å²) >= 11 is 0. The summed E-state index contributed by atoms with van der Waals surface area (Å²) in [5.74, 6) is 0.528. The van der Waals surface area contributed by atoms with Gasteiger partial charge in [-0.25, -0.2) is 4.99 Å². The Hall–Kier alpha value is -1.88. The summed E-state index contributed by atoms with van der Waals surface area (Å²) in [6.07, 6.45) is -0.843. The van der Waals surface area contributed by atoms with Gasteiger partial charge in [-0.2, -0.15) is 0 Å². The number of anilines is 1. The van der Waals surface area contributed by atoms with E-state index in [1.807, 2.05) is 43.3 Å². The number of likely N-dealkylation sites (N-methyl/N-ethyl adjacent to an activating group) is 1. The van der Waals surface area contributed by atoms with E-state index in [0.29, 0.717) is 0 Å². The lowest BCUT2D eigenvalue weighted by atomic mass is 10.1. The lowest BCUT2D eigenvalue weighted by Gasteiger charge is -2.20. The van der Waals surface area contributed by atoms with E-state index in [4.69, 9.17) is 5.73 Å². The fourth-order valence-electron chi connectivity index (χ4n) is 1.89. The average molecular weight is 232 g/mol. The Morgan fingerprint density at radius 3 is 2.65 bits per heavy atom. The zero-order chi connectivity index (χ0) is 12.6. The quantitative estimate of drug-likeness (QED) is 0.697. The van der Waals surface area contributed by atoms with E-state index in [9.17, 15) is 4.79 Å². The molecule has 0 fully saturated rings. The third kappa shape index (κ3) is 1.89. The molecule has 0 bridgehead atoms. The van der Waals surface area contributed by atoms with Crippen LogP contribution in [0.2, 0.25) is 0 Å². The summed E-state index contributed by atoms with van der Waals surface area (Å²) in [6.45, 7) is 0. The molecule has 1 unspecified atom stereocenters. The van der Waals surface area contributed by atoms with Crippen molar-refractivity contribution >= 4 is 17.4 Å². The number of benzene rings is 1. The van der Waals surface area contributed by atoms with Gasteiger partial charge in [0.1, 0.15) is 5.84 Å². The molecule has 1 aliphatic heterocycles. The molecular formula is C12H16N4O. The molecule has 1 atom stereocenters. The second kappa shape index (κ2) is 4.18. The maximum Gasteiger partial charge on any atom is 0.266 e. The van der Waals surface area contributed by atoms with E-state index >= 15 is 0 Å². The third-order valence-electron chi connectivity index (χ3n) is 2.77. The molecule has 5 heteroatoms. The summed E-state index contributed by atoms with van der Waals surface area (Å²) < 4.78 is 0. The monoisotopic (exact) mass is 232 g/mol. The highest BCUT2D eigenvalue weighted by atomic mass is 16.2. The molecule has 0 saturated heterocycles. The molecule has 17 heavy (non-hydrogen) atoms. The van der Waals surface area contributed by atoms with Crippen molar-refractivity contribution in [3.05, 3.63) is 29.8 Å². The highest BCUT2D eigenvalue weighted by molar-refractivity contribution is 6.11. The zero-order valence-electron chi connectivity index (χ0n) is 10.2. The predicted molar refractivity (Wildman–Crippen MR) is 68.1 cm³/mol. The minimum absolute atomic E-state index is 0.200. The van der Waals surface area contributed by atoms with Crippen molar-refractivity contribution in [2.45, 2.75) is 6.17 Å². The predicted octanol–water partition coefficient (Wildman–Crippen LogP) is 0.256. The molecule has 1 aromatic rings. The van der Waals surface area contributed by atoms with Gasteiger partial charge in [-0.3, -0.25) is 4.79 Å². The number of rotatable bonds is 0. The van der Waals surface area contributed by atoms with Gasteiger partial charge in [0.05, 0.1) is 5.69 Å². The number of benzodiazepines with no additional fused rings is 1. The maximum atomic E-state index is 12.0. The Morgan fingerprint density at radius 2 is 2.00 bits per heavy atom. The first-order valence-electron chi connectivity index (χ1n) is 5.40. The topological polar surface area (TPSA) is 61.9 Å². The van der Waals surface area contributed by atoms with Crippen molar-refractivity contribution < 1.29 is 4.79 Å². The minimum atomic E-state index is -0.843. The van der Waals surface area contributed by atoms with E-state index in [1.165, 1.54) is 0 Å². The molecule has 0 aromatic heterocycles. The van der Waals surface area contributed by atoms with Gasteiger partial charge in [-0.15, -0.1) is 0 Å². The fraction of sp³-hybridized carbons (Fsp3) is 0.333. The van der Waals surface area contributed by atoms with Crippen LogP contribution in [0, 0.1) is 0 Å². The number of fused-ring (bicyclic) bond motifs is 1. The second-order valence-electron chi connectivity index (χ2n) is 4.21. The fourth-order valence-corrected chi connectivity index (χ4v) is 1.89. The molecule has 0 saturated carbocycles. The molecule has 0 spiro atoms. The van der Waals surface area contributed by atoms with Crippen molar-refractivity contribution in [2.75, 3.05) is 26.0 Å². The highest BCUT2D eigenvalue weighted by Gasteiger charge is 2.27. The Labute approximate surface area is 101 Å². The van der Waals surface area contributed by atoms with Crippen LogP contribution in [0.15, 0.2) is 29.3 Å². The standard InChI is InChI=1S/C12H16N4O/c1-15(2)11-8-6-4-5-7-9(8)16(3)12(17)10(13)14-11/h4-7,10H,13H2,1-3H3. The number of nitrogens with zero attached hydrogens (tertiary/aromatic N) is 3. The Balaban J connectivity index is 2.64. The van der Waals surface area contributed by atoms with Gasteiger partial charge in [-0.1, -0.05) is 12.1 Å². The molecule has 0 aliphatic carbocycles. The molecular weight excluding hydrogens is 216 g/mol. The van der Waals surface area contributed by atoms with Crippen LogP contribution < -0.4 is 10.6 Å². The van der Waals surface area contributed by atoms with Gasteiger partial charge in [-0.05, 0) is 12.1 Å². The van der Waals surface area contributed by atoms with Crippen molar-refractivity contribution in [2.24, 2.45) is 10.7 Å². The van der Waals surface area contributed by atoms with E-state index in [-0.39, 0.29) is 5.91 Å². The lowest BCUT2D eigenvalue weighted by molar-refractivity contribution is -0.119. The van der Waals surface area contributed by atoms with Gasteiger partial charge in [0, 0.05) is 26.7 Å². The van der Waals surface area contributed by atoms with E-state index in [2.05, 4.69) is 4.99 Å². The van der Waals surface area contributed by atoms with E-state index < -0.39 is 6.17 Å². The van der Waals surface area contributed by atoms with Crippen LogP contribution >= 0.6 is 0 Å². The van der Waals surface area contributed by atoms with Crippen molar-refractivity contribution in [1.82, 2.24) is 4.90 Å². The van der Waals surface area contributed by atoms with Gasteiger partial charge < -0.3 is 15.5 Å². The molecule has 2 N–H and O–H groups in total. The summed E-state index contributed by atoms with van der Waals surface area (Å²) in [7, 11) is 5.49. The number of hydrogen-bond acceptors (Lipinski definition) is 4. The molecule has 90 valence electrons. The van der Waals surface area contributed by atoms with Crippen LogP contribution in [0.3, 0.4) is 0 Å². The zero-order valence-corrected chi connectivity index (χ0v) is 10.2. The van der Waals surface area contributed by atoms with Crippen LogP contribution in [0.4, 0.5) is 5.69 Å². The first kappa shape index (κ1) is 11.6. The third-order valence-corrected chi connectivity index (χ3v) is 2.77. The van der Waals surface area contributed by atoms with Gasteiger partial charge >= 0.3 is 0 Å². The molecule has 1 aromatic carbocycles. The van der Waals surface area contributed by atoms with Crippen LogP contribution in [-0.2, 0) is 4.79 Å². The summed E-state index contributed by atoms with van der Waals surface area (Å²) in [6, 6.07) is 7.65. The van der Waals surface area contributed by atoms with E-state index in [1.54, 1.807) is 11.9 Å². The number of aliphatic imine (C=N–C) groups is 1. The first-order valence-corrected chi connectivity index (χ1v) is 5.40. The normalized spacial score (nSPS) is 19.5. The SMILES string of the molecule is CN(C)C1=NC(N)C(=O)N(C)c2ccccc21. The minimum Gasteiger partial charge on any atom is -0.362 e. The maximum absolute atomic E-state index is 12.0. The summed E-state index contributed by atoms with van der Waals surface area (Å²) in [5.41, 5.74) is 7.52. The number of hydrogen-bond donors (Lipinski definition) is 1. The Kier molecular flexibility index (Phi) is 2.85. The first-order chi connectivity index (χ1) is 8.02. The molecule has 0 radical (unpaired) electrons. The largest absolute Gasteiger partial charge is 0.362 e. The highest BCUT2D eigenvalue weighted by Crippen LogP contribution is 2.24. The molecule has 2 rings (SSSR count). The lowest BCUT2D eigenvalue weighted by Crippen LogP contribution is -2.40. The van der Waals surface area contributed by atoms with Gasteiger partial charge in [0.15, 0.2) is 6.17 Å². The summed E-state index contributed by atoms with van der Waals surface area (Å²) in [4.78, 5) is 19.7. The molecule has 1 aliphatic rings. The number of para-hydroxylation sites is 1. The van der Waals surface area contributed by atoms with E-state index in [0.717, 1.165) is 17.1 Å². The smallest absolute Gasteiger partial charge is 0.266 e. The van der Waals surface area contributed by atoms with Gasteiger partial charge in [0.2, 0.25) is 0 Å². The number of carbonyl (C=O) groups excluding carboxylic acids is 1. The van der Waals surface area contributed by atoms with Crippen molar-refractivity contribution in [1.29, 1.82) is 0 Å². The molecule has 5 nitrogen and oxygen atoms in total. The Morgan fingerprint density at radius 1 is 1.35 bits per heavy atom. The van der Waals surface area contributed by atoms with Crippen molar-refractivity contribution in [3.63, 3.8) is 0 Å². The van der Waals surface area contributed by atoms with Crippen molar-refractivity contribution in [3.8, 4) is 0 Å². The number of nitrogens with two attached hydrogens (primary N) is 1. The second-order valence-corrected chi connectivity index (χ2v) is 4.21. The van der Waals surface area contributed by atoms with Crippen LogP contribution in [0.5, 0.6) is 0 Å². The molecule has 1 heterocycles. The number of carbonyl (C=O) groups is 1. The van der Waals surface area contributed by atoms with Crippen LogP contribution in [0.25, 0.3) is 0 Å². The number of amides is 1. The Bertz CT molecular complexity index is 481. The average Bonchev–Trinajstić information content (AvgIpc) is 2.41. The summed E-state index contributed by atoms with van der Waals surface area (Å²) in [5, 5.41) is 0. The van der Waals surface area contributed by atoms with Crippen LogP contribution in [-0.4, -0.2) is 44.0 Å². The van der Waals surface area contributed by atoms with Gasteiger partial charge in [0.25, 0.3) is 5.91 Å².